The van der Waals surface area contributed by atoms with Crippen LogP contribution in [-0.2, 0) is 4.74 Å². The SMILES string of the molecule is C=CC[C@H]1COCC[C@H]1C. The Morgan fingerprint density at radius 3 is 3.10 bits per heavy atom. The smallest absolute Gasteiger partial charge is 0.0499 e. The molecule has 1 fully saturated rings. The predicted octanol–water partition coefficient (Wildman–Crippen LogP) is 2.24. The average molecular weight is 140 g/mol. The van der Waals surface area contributed by atoms with Gasteiger partial charge in [-0.05, 0) is 24.7 Å². The van der Waals surface area contributed by atoms with Crippen LogP contribution < -0.4 is 0 Å². The molecule has 1 nitrogen and oxygen atoms in total. The van der Waals surface area contributed by atoms with Crippen molar-refractivity contribution in [3.63, 3.8) is 0 Å². The van der Waals surface area contributed by atoms with E-state index in [9.17, 15) is 0 Å². The van der Waals surface area contributed by atoms with Gasteiger partial charge in [-0.15, -0.1) is 6.58 Å². The van der Waals surface area contributed by atoms with Crippen molar-refractivity contribution < 1.29 is 4.74 Å². The number of ether oxygens (including phenoxy) is 1. The molecule has 1 aliphatic rings. The van der Waals surface area contributed by atoms with Crippen molar-refractivity contribution in [3.8, 4) is 0 Å². The molecule has 0 saturated carbocycles. The normalized spacial score (nSPS) is 33.7. The van der Waals surface area contributed by atoms with Crippen LogP contribution in [0.3, 0.4) is 0 Å². The van der Waals surface area contributed by atoms with Crippen LogP contribution in [0.5, 0.6) is 0 Å². The summed E-state index contributed by atoms with van der Waals surface area (Å²) < 4.78 is 5.36. The lowest BCUT2D eigenvalue weighted by molar-refractivity contribution is 0.0240. The van der Waals surface area contributed by atoms with Gasteiger partial charge >= 0.3 is 0 Å². The quantitative estimate of drug-likeness (QED) is 0.534. The average Bonchev–Trinajstić information content (AvgIpc) is 1.94. The van der Waals surface area contributed by atoms with Crippen LogP contribution in [0.4, 0.5) is 0 Å². The molecular formula is C9H16O. The molecule has 1 heteroatoms. The van der Waals surface area contributed by atoms with Crippen LogP contribution >= 0.6 is 0 Å². The van der Waals surface area contributed by atoms with E-state index >= 15 is 0 Å². The van der Waals surface area contributed by atoms with Crippen molar-refractivity contribution in [1.82, 2.24) is 0 Å². The third-order valence-electron chi connectivity index (χ3n) is 2.32. The summed E-state index contributed by atoms with van der Waals surface area (Å²) >= 11 is 0. The highest BCUT2D eigenvalue weighted by molar-refractivity contribution is 4.78. The predicted molar refractivity (Wildman–Crippen MR) is 42.9 cm³/mol. The van der Waals surface area contributed by atoms with Crippen molar-refractivity contribution in [2.24, 2.45) is 11.8 Å². The topological polar surface area (TPSA) is 9.23 Å². The number of allylic oxidation sites excluding steroid dienone is 1. The van der Waals surface area contributed by atoms with Gasteiger partial charge in [-0.2, -0.15) is 0 Å². The summed E-state index contributed by atoms with van der Waals surface area (Å²) in [4.78, 5) is 0. The lowest BCUT2D eigenvalue weighted by Gasteiger charge is -2.27. The maximum atomic E-state index is 5.36. The number of hydrogen-bond acceptors (Lipinski definition) is 1. The van der Waals surface area contributed by atoms with Crippen LogP contribution in [0, 0.1) is 11.8 Å². The van der Waals surface area contributed by atoms with Crippen molar-refractivity contribution in [1.29, 1.82) is 0 Å². The van der Waals surface area contributed by atoms with Crippen LogP contribution in [0.15, 0.2) is 12.7 Å². The molecule has 0 radical (unpaired) electrons. The Morgan fingerprint density at radius 2 is 2.50 bits per heavy atom. The van der Waals surface area contributed by atoms with Gasteiger partial charge in [0.2, 0.25) is 0 Å². The second-order valence-corrected chi connectivity index (χ2v) is 3.13. The minimum Gasteiger partial charge on any atom is -0.381 e. The molecule has 58 valence electrons. The van der Waals surface area contributed by atoms with Crippen LogP contribution in [-0.4, -0.2) is 13.2 Å². The van der Waals surface area contributed by atoms with E-state index in [1.54, 1.807) is 0 Å². The molecule has 1 aliphatic heterocycles. The fraction of sp³-hybridized carbons (Fsp3) is 0.778. The van der Waals surface area contributed by atoms with Crippen molar-refractivity contribution in [2.75, 3.05) is 13.2 Å². The third kappa shape index (κ3) is 1.84. The monoisotopic (exact) mass is 140 g/mol. The molecule has 0 aliphatic carbocycles. The zero-order chi connectivity index (χ0) is 7.40. The summed E-state index contributed by atoms with van der Waals surface area (Å²) in [6.07, 6.45) is 4.33. The first-order chi connectivity index (χ1) is 4.84. The maximum absolute atomic E-state index is 5.36. The van der Waals surface area contributed by atoms with Gasteiger partial charge in [-0.1, -0.05) is 13.0 Å². The van der Waals surface area contributed by atoms with Gasteiger partial charge in [-0.3, -0.25) is 0 Å². The Morgan fingerprint density at radius 1 is 1.70 bits per heavy atom. The lowest BCUT2D eigenvalue weighted by Crippen LogP contribution is -2.24. The summed E-state index contributed by atoms with van der Waals surface area (Å²) in [7, 11) is 0. The molecule has 1 rings (SSSR count). The second kappa shape index (κ2) is 3.77. The summed E-state index contributed by atoms with van der Waals surface area (Å²) in [6.45, 7) is 7.93. The summed E-state index contributed by atoms with van der Waals surface area (Å²) in [6, 6.07) is 0. The third-order valence-corrected chi connectivity index (χ3v) is 2.32. The molecular weight excluding hydrogens is 124 g/mol. The zero-order valence-electron chi connectivity index (χ0n) is 6.68. The Bertz CT molecular complexity index is 109. The molecule has 2 atom stereocenters. The Labute approximate surface area is 63.1 Å². The summed E-state index contributed by atoms with van der Waals surface area (Å²) in [5.41, 5.74) is 0. The zero-order valence-corrected chi connectivity index (χ0v) is 6.68. The number of hydrogen-bond donors (Lipinski definition) is 0. The van der Waals surface area contributed by atoms with Gasteiger partial charge in [0.15, 0.2) is 0 Å². The van der Waals surface area contributed by atoms with E-state index in [0.717, 1.165) is 31.5 Å². The van der Waals surface area contributed by atoms with E-state index in [1.165, 1.54) is 6.42 Å². The first-order valence-electron chi connectivity index (χ1n) is 4.03. The van der Waals surface area contributed by atoms with Gasteiger partial charge in [0.1, 0.15) is 0 Å². The first-order valence-corrected chi connectivity index (χ1v) is 4.03. The van der Waals surface area contributed by atoms with Gasteiger partial charge in [0, 0.05) is 13.2 Å². The van der Waals surface area contributed by atoms with E-state index in [0.29, 0.717) is 0 Å². The Hall–Kier alpha value is -0.300. The molecule has 0 N–H and O–H groups in total. The second-order valence-electron chi connectivity index (χ2n) is 3.13. The van der Waals surface area contributed by atoms with Crippen LogP contribution in [0.1, 0.15) is 19.8 Å². The van der Waals surface area contributed by atoms with Gasteiger partial charge in [-0.25, -0.2) is 0 Å². The first kappa shape index (κ1) is 7.80. The summed E-state index contributed by atoms with van der Waals surface area (Å²) in [5, 5.41) is 0. The van der Waals surface area contributed by atoms with E-state index in [-0.39, 0.29) is 0 Å². The minimum absolute atomic E-state index is 0.728. The highest BCUT2D eigenvalue weighted by atomic mass is 16.5. The molecule has 1 saturated heterocycles. The van der Waals surface area contributed by atoms with E-state index in [4.69, 9.17) is 4.74 Å². The molecule has 0 bridgehead atoms. The van der Waals surface area contributed by atoms with Crippen molar-refractivity contribution in [3.05, 3.63) is 12.7 Å². The molecule has 0 spiro atoms. The minimum atomic E-state index is 0.728. The van der Waals surface area contributed by atoms with Crippen LogP contribution in [0.2, 0.25) is 0 Å². The van der Waals surface area contributed by atoms with Gasteiger partial charge < -0.3 is 4.74 Å². The standard InChI is InChI=1S/C9H16O/c1-3-4-9-7-10-6-5-8(9)2/h3,8-9H,1,4-7H2,2H3/t8-,9+/m1/s1. The fourth-order valence-corrected chi connectivity index (χ4v) is 1.42. The highest BCUT2D eigenvalue weighted by Crippen LogP contribution is 2.23. The molecule has 0 aromatic rings. The van der Waals surface area contributed by atoms with Gasteiger partial charge in [0.25, 0.3) is 0 Å². The maximum Gasteiger partial charge on any atom is 0.0499 e. The molecule has 0 amide bonds. The van der Waals surface area contributed by atoms with Gasteiger partial charge in [0.05, 0.1) is 0 Å². The lowest BCUT2D eigenvalue weighted by atomic mass is 9.88. The molecule has 0 aromatic carbocycles. The Balaban J connectivity index is 2.32. The van der Waals surface area contributed by atoms with E-state index in [2.05, 4.69) is 13.5 Å². The molecule has 0 aromatic heterocycles. The number of rotatable bonds is 2. The van der Waals surface area contributed by atoms with E-state index in [1.807, 2.05) is 6.08 Å². The molecule has 1 heterocycles. The largest absolute Gasteiger partial charge is 0.381 e. The van der Waals surface area contributed by atoms with Crippen LogP contribution in [0.25, 0.3) is 0 Å². The summed E-state index contributed by atoms with van der Waals surface area (Å²) in [5.74, 6) is 1.55. The highest BCUT2D eigenvalue weighted by Gasteiger charge is 2.19. The fourth-order valence-electron chi connectivity index (χ4n) is 1.42. The van der Waals surface area contributed by atoms with Crippen molar-refractivity contribution >= 4 is 0 Å². The Kier molecular flexibility index (Phi) is 2.94. The van der Waals surface area contributed by atoms with Crippen molar-refractivity contribution in [2.45, 2.75) is 19.8 Å². The molecule has 10 heavy (non-hydrogen) atoms. The van der Waals surface area contributed by atoms with E-state index < -0.39 is 0 Å². The molecule has 0 unspecified atom stereocenters.